The van der Waals surface area contributed by atoms with Crippen molar-refractivity contribution in [3.63, 3.8) is 0 Å². The lowest BCUT2D eigenvalue weighted by Gasteiger charge is -2.39. The first-order chi connectivity index (χ1) is 24.1. The zero-order valence-electron chi connectivity index (χ0n) is 28.9. The van der Waals surface area contributed by atoms with Gasteiger partial charge in [0, 0.05) is 56.6 Å². The van der Waals surface area contributed by atoms with Crippen molar-refractivity contribution in [2.45, 2.75) is 71.3 Å². The van der Waals surface area contributed by atoms with Gasteiger partial charge in [-0.15, -0.1) is 11.3 Å². The predicted molar refractivity (Wildman–Crippen MR) is 196 cm³/mol. The first-order valence-corrected chi connectivity index (χ1v) is 18.3. The highest BCUT2D eigenvalue weighted by Gasteiger charge is 2.34. The molecule has 0 saturated carbocycles. The predicted octanol–water partition coefficient (Wildman–Crippen LogP) is 8.81. The second-order valence-electron chi connectivity index (χ2n) is 13.0. The molecule has 0 aliphatic carbocycles. The van der Waals surface area contributed by atoms with E-state index in [-0.39, 0.29) is 18.4 Å². The molecule has 2 amide bonds. The van der Waals surface area contributed by atoms with Gasteiger partial charge >= 0.3 is 6.18 Å². The van der Waals surface area contributed by atoms with Crippen LogP contribution in [0.3, 0.4) is 0 Å². The minimum absolute atomic E-state index is 0.103. The van der Waals surface area contributed by atoms with Crippen molar-refractivity contribution in [1.82, 2.24) is 14.7 Å². The maximum atomic E-state index is 14.5. The van der Waals surface area contributed by atoms with Gasteiger partial charge in [0.2, 0.25) is 11.8 Å². The number of hydrogen-bond acceptors (Lipinski definition) is 4. The number of alkyl halides is 3. The first-order valence-electron chi connectivity index (χ1n) is 17.4. The third kappa shape index (κ3) is 10.4. The van der Waals surface area contributed by atoms with E-state index in [1.54, 1.807) is 16.2 Å². The fraction of sp³-hybridized carbons (Fsp3) is 0.366. The molecule has 50 heavy (non-hydrogen) atoms. The van der Waals surface area contributed by atoms with Gasteiger partial charge in [0.25, 0.3) is 0 Å². The summed E-state index contributed by atoms with van der Waals surface area (Å²) in [6, 6.07) is 24.0. The fourth-order valence-electron chi connectivity index (χ4n) is 6.25. The molecule has 1 atom stereocenters. The summed E-state index contributed by atoms with van der Waals surface area (Å²) in [6.45, 7) is 7.97. The van der Waals surface area contributed by atoms with Gasteiger partial charge in [0.1, 0.15) is 6.04 Å². The molecule has 0 unspecified atom stereocenters. The summed E-state index contributed by atoms with van der Waals surface area (Å²) in [7, 11) is 0. The number of carbonyl (C=O) groups is 2. The number of piperazine rings is 1. The zero-order valence-corrected chi connectivity index (χ0v) is 29.7. The minimum Gasteiger partial charge on any atom is -0.338 e. The molecule has 1 saturated heterocycles. The lowest BCUT2D eigenvalue weighted by molar-refractivity contribution is -0.145. The zero-order chi connectivity index (χ0) is 35.5. The summed E-state index contributed by atoms with van der Waals surface area (Å²) in [5.41, 5.74) is 4.07. The number of nitrogens with zero attached hydrogens (tertiary/aromatic N) is 3. The van der Waals surface area contributed by atoms with Gasteiger partial charge in [0.05, 0.1) is 5.56 Å². The number of aryl methyl sites for hydroxylation is 2. The van der Waals surface area contributed by atoms with E-state index in [1.807, 2.05) is 47.4 Å². The van der Waals surface area contributed by atoms with E-state index in [9.17, 15) is 22.8 Å². The van der Waals surface area contributed by atoms with Crippen LogP contribution in [0.5, 0.6) is 0 Å². The van der Waals surface area contributed by atoms with Gasteiger partial charge < -0.3 is 9.80 Å². The van der Waals surface area contributed by atoms with Crippen molar-refractivity contribution in [1.29, 1.82) is 0 Å². The summed E-state index contributed by atoms with van der Waals surface area (Å²) in [5.74, 6) is -0.480. The molecule has 0 N–H and O–H groups in total. The average Bonchev–Trinajstić information content (AvgIpc) is 3.53. The van der Waals surface area contributed by atoms with Gasteiger partial charge in [-0.25, -0.2) is 0 Å². The summed E-state index contributed by atoms with van der Waals surface area (Å²) < 4.78 is 39.5. The molecule has 0 spiro atoms. The lowest BCUT2D eigenvalue weighted by atomic mass is 10.0. The quantitative estimate of drug-likeness (QED) is 0.0976. The SMILES string of the molecule is CCCCCc1ccc(CN(C(=O)/C=C/c2ccc(C(F)(F)F)cc2)[C@@H](Cc2ccccc2)C(=O)N2CCN(Cc3sccc3C)CC2)cc1. The monoisotopic (exact) mass is 701 g/mol. The normalized spacial score (nSPS) is 14.6. The number of amides is 2. The highest BCUT2D eigenvalue weighted by molar-refractivity contribution is 7.10. The second-order valence-corrected chi connectivity index (χ2v) is 14.0. The summed E-state index contributed by atoms with van der Waals surface area (Å²) in [6.07, 6.45) is 3.19. The Bertz CT molecular complexity index is 1690. The molecule has 9 heteroatoms. The molecule has 0 radical (unpaired) electrons. The molecule has 5 rings (SSSR count). The van der Waals surface area contributed by atoms with E-state index in [0.29, 0.717) is 25.1 Å². The molecule has 1 aliphatic rings. The molecule has 5 nitrogen and oxygen atoms in total. The second kappa shape index (κ2) is 17.6. The van der Waals surface area contributed by atoms with Crippen LogP contribution in [0.2, 0.25) is 0 Å². The molecule has 0 bridgehead atoms. The Labute approximate surface area is 298 Å². The summed E-state index contributed by atoms with van der Waals surface area (Å²) >= 11 is 1.75. The van der Waals surface area contributed by atoms with Crippen molar-refractivity contribution in [2.24, 2.45) is 0 Å². The smallest absolute Gasteiger partial charge is 0.338 e. The van der Waals surface area contributed by atoms with Gasteiger partial charge in [-0.05, 0) is 77.2 Å². The van der Waals surface area contributed by atoms with Crippen molar-refractivity contribution in [3.8, 4) is 0 Å². The van der Waals surface area contributed by atoms with Crippen LogP contribution in [-0.4, -0.2) is 58.7 Å². The number of halogens is 3. The number of thiophene rings is 1. The summed E-state index contributed by atoms with van der Waals surface area (Å²) in [5, 5.41) is 2.11. The van der Waals surface area contributed by atoms with Gasteiger partial charge in [-0.3, -0.25) is 14.5 Å². The molecule has 1 aliphatic heterocycles. The average molecular weight is 702 g/mol. The molecule has 1 fully saturated rings. The molecular formula is C41H46F3N3O2S. The van der Waals surface area contributed by atoms with Gasteiger partial charge in [-0.1, -0.05) is 86.5 Å². The van der Waals surface area contributed by atoms with Crippen LogP contribution in [-0.2, 0) is 41.7 Å². The Morgan fingerprint density at radius 2 is 1.54 bits per heavy atom. The van der Waals surface area contributed by atoms with E-state index >= 15 is 0 Å². The minimum atomic E-state index is -4.44. The number of rotatable bonds is 14. The Morgan fingerprint density at radius 3 is 2.16 bits per heavy atom. The number of benzene rings is 3. The Hall–Kier alpha value is -4.21. The first kappa shape index (κ1) is 37.1. The van der Waals surface area contributed by atoms with Crippen molar-refractivity contribution in [2.75, 3.05) is 26.2 Å². The molecular weight excluding hydrogens is 656 g/mol. The standard InChI is InChI=1S/C41H46F3N3O2S/c1-3-4-6-9-32-12-14-35(15-13-32)29-47(39(48)21-18-33-16-19-36(20-17-33)41(42,43)44)37(28-34-10-7-5-8-11-34)40(49)46-25-23-45(24-26-46)30-38-31(2)22-27-50-38/h5,7-8,10-22,27,37H,3-4,6,9,23-26,28-30H2,1-2H3/b21-18+/t37-/m0/s1. The van der Waals surface area contributed by atoms with Crippen LogP contribution in [0.1, 0.15) is 64.4 Å². The largest absolute Gasteiger partial charge is 0.416 e. The number of hydrogen-bond donors (Lipinski definition) is 0. The lowest BCUT2D eigenvalue weighted by Crippen LogP contribution is -2.56. The van der Waals surface area contributed by atoms with Crippen LogP contribution in [0.4, 0.5) is 13.2 Å². The van der Waals surface area contributed by atoms with E-state index < -0.39 is 17.8 Å². The number of unbranched alkanes of at least 4 members (excludes halogenated alkanes) is 2. The highest BCUT2D eigenvalue weighted by Crippen LogP contribution is 2.29. The van der Waals surface area contributed by atoms with E-state index in [4.69, 9.17) is 0 Å². The van der Waals surface area contributed by atoms with Crippen molar-refractivity contribution < 1.29 is 22.8 Å². The molecule has 4 aromatic rings. The van der Waals surface area contributed by atoms with E-state index in [1.165, 1.54) is 46.7 Å². The van der Waals surface area contributed by atoms with Crippen molar-refractivity contribution in [3.05, 3.63) is 135 Å². The maximum Gasteiger partial charge on any atom is 0.416 e. The Balaban J connectivity index is 1.40. The fourth-order valence-corrected chi connectivity index (χ4v) is 7.20. The summed E-state index contributed by atoms with van der Waals surface area (Å²) in [4.78, 5) is 35.9. The van der Waals surface area contributed by atoms with Crippen LogP contribution < -0.4 is 0 Å². The number of carbonyl (C=O) groups excluding carboxylic acids is 2. The van der Waals surface area contributed by atoms with Crippen molar-refractivity contribution >= 4 is 29.2 Å². The van der Waals surface area contributed by atoms with E-state index in [2.05, 4.69) is 42.3 Å². The third-order valence-corrected chi connectivity index (χ3v) is 10.3. The Morgan fingerprint density at radius 1 is 0.860 bits per heavy atom. The maximum absolute atomic E-state index is 14.5. The molecule has 1 aromatic heterocycles. The van der Waals surface area contributed by atoms with E-state index in [0.717, 1.165) is 62.2 Å². The van der Waals surface area contributed by atoms with Gasteiger partial charge in [-0.2, -0.15) is 13.2 Å². The van der Waals surface area contributed by atoms with Gasteiger partial charge in [0.15, 0.2) is 0 Å². The topological polar surface area (TPSA) is 43.9 Å². The third-order valence-electron chi connectivity index (χ3n) is 9.34. The van der Waals surface area contributed by atoms with Crippen LogP contribution >= 0.6 is 11.3 Å². The molecule has 264 valence electrons. The molecule has 3 aromatic carbocycles. The Kier molecular flexibility index (Phi) is 13.1. The van der Waals surface area contributed by atoms with Crippen LogP contribution in [0.15, 0.2) is 96.4 Å². The van der Waals surface area contributed by atoms with Crippen LogP contribution in [0.25, 0.3) is 6.08 Å². The van der Waals surface area contributed by atoms with Crippen LogP contribution in [0, 0.1) is 6.92 Å². The highest BCUT2D eigenvalue weighted by atomic mass is 32.1. The molecule has 2 heterocycles.